The summed E-state index contributed by atoms with van der Waals surface area (Å²) in [6.07, 6.45) is 5.91. The van der Waals surface area contributed by atoms with E-state index in [1.54, 1.807) is 48.9 Å². The molecule has 0 saturated heterocycles. The van der Waals surface area contributed by atoms with Crippen molar-refractivity contribution in [3.8, 4) is 0 Å². The number of rotatable bonds is 6. The van der Waals surface area contributed by atoms with Gasteiger partial charge in [-0.25, -0.2) is 9.78 Å². The molecule has 0 aliphatic carbocycles. The smallest absolute Gasteiger partial charge is 0.337 e. The molecule has 2 heterocycles. The van der Waals surface area contributed by atoms with Crippen molar-refractivity contribution in [3.05, 3.63) is 99.7 Å². The Morgan fingerprint density at radius 1 is 0.931 bits per heavy atom. The van der Waals surface area contributed by atoms with E-state index in [1.165, 1.54) is 4.57 Å². The van der Waals surface area contributed by atoms with Gasteiger partial charge in [-0.1, -0.05) is 42.5 Å². The molecule has 0 spiro atoms. The number of nitrogens with zero attached hydrogens (tertiary/aromatic N) is 4. The number of para-hydroxylation sites is 1. The molecule has 0 atom stereocenters. The Morgan fingerprint density at radius 3 is 2.45 bits per heavy atom. The van der Waals surface area contributed by atoms with Gasteiger partial charge in [0.05, 0.1) is 23.7 Å². The van der Waals surface area contributed by atoms with Crippen LogP contribution in [-0.4, -0.2) is 24.6 Å². The Labute approximate surface area is 166 Å². The molecule has 0 amide bonds. The third kappa shape index (κ3) is 3.80. The minimum Gasteiger partial charge on any atom is -0.337 e. The zero-order chi connectivity index (χ0) is 20.2. The number of carbonyl (C=O) groups is 1. The lowest BCUT2D eigenvalue weighted by atomic mass is 10.1. The van der Waals surface area contributed by atoms with Crippen LogP contribution in [0.5, 0.6) is 0 Å². The average molecular weight is 388 g/mol. The molecule has 0 aliphatic heterocycles. The lowest BCUT2D eigenvalue weighted by molar-refractivity contribution is 0.0903. The van der Waals surface area contributed by atoms with E-state index in [-0.39, 0.29) is 6.42 Å². The summed E-state index contributed by atoms with van der Waals surface area (Å²) < 4.78 is 4.20. The SMILES string of the molecule is O=C(Cc1ccccc1)n1c(=O)c2ccccc2n(CCCn2ccnc2)c1=O. The summed E-state index contributed by atoms with van der Waals surface area (Å²) in [6.45, 7) is 1.06. The van der Waals surface area contributed by atoms with Gasteiger partial charge >= 0.3 is 5.69 Å². The van der Waals surface area contributed by atoms with Crippen LogP contribution in [0.4, 0.5) is 0 Å². The molecule has 2 aromatic heterocycles. The maximum Gasteiger partial charge on any atom is 0.338 e. The molecule has 4 rings (SSSR count). The number of fused-ring (bicyclic) bond motifs is 1. The van der Waals surface area contributed by atoms with Crippen LogP contribution in [0.15, 0.2) is 82.9 Å². The molecular weight excluding hydrogens is 368 g/mol. The first kappa shape index (κ1) is 18.6. The van der Waals surface area contributed by atoms with Crippen LogP contribution in [0, 0.1) is 0 Å². The summed E-state index contributed by atoms with van der Waals surface area (Å²) in [4.78, 5) is 42.9. The molecule has 0 radical (unpaired) electrons. The van der Waals surface area contributed by atoms with E-state index < -0.39 is 17.2 Å². The molecule has 7 heteroatoms. The van der Waals surface area contributed by atoms with E-state index in [2.05, 4.69) is 4.98 Å². The summed E-state index contributed by atoms with van der Waals surface area (Å²) in [5, 5.41) is 0.358. The Bertz CT molecular complexity index is 1250. The van der Waals surface area contributed by atoms with Gasteiger partial charge in [0.25, 0.3) is 5.56 Å². The number of aromatic nitrogens is 4. The summed E-state index contributed by atoms with van der Waals surface area (Å²) in [5.41, 5.74) is 0.123. The normalized spacial score (nSPS) is 11.0. The topological polar surface area (TPSA) is 78.9 Å². The van der Waals surface area contributed by atoms with Gasteiger partial charge in [-0.2, -0.15) is 4.57 Å². The van der Waals surface area contributed by atoms with Gasteiger partial charge < -0.3 is 4.57 Å². The van der Waals surface area contributed by atoms with E-state index >= 15 is 0 Å². The van der Waals surface area contributed by atoms with E-state index in [0.717, 1.165) is 10.1 Å². The van der Waals surface area contributed by atoms with Crippen LogP contribution >= 0.6 is 0 Å². The number of hydrogen-bond acceptors (Lipinski definition) is 4. The van der Waals surface area contributed by atoms with Crippen LogP contribution in [0.3, 0.4) is 0 Å². The molecule has 29 heavy (non-hydrogen) atoms. The van der Waals surface area contributed by atoms with E-state index in [4.69, 9.17) is 0 Å². The van der Waals surface area contributed by atoms with Gasteiger partial charge in [-0.3, -0.25) is 14.2 Å². The second kappa shape index (κ2) is 8.10. The third-order valence-electron chi connectivity index (χ3n) is 4.86. The standard InChI is InChI=1S/C22H20N4O3/c27-20(15-17-7-2-1-3-8-17)26-21(28)18-9-4-5-10-19(18)25(22(26)29)13-6-12-24-14-11-23-16-24/h1-5,7-11,14,16H,6,12-13,15H2. The van der Waals surface area contributed by atoms with Crippen LogP contribution in [0.25, 0.3) is 10.9 Å². The predicted molar refractivity (Wildman–Crippen MR) is 110 cm³/mol. The minimum atomic E-state index is -0.597. The van der Waals surface area contributed by atoms with Gasteiger partial charge in [-0.15, -0.1) is 0 Å². The first-order chi connectivity index (χ1) is 14.1. The largest absolute Gasteiger partial charge is 0.338 e. The van der Waals surface area contributed by atoms with Gasteiger partial charge in [0.15, 0.2) is 0 Å². The fourth-order valence-corrected chi connectivity index (χ4v) is 3.44. The molecular formula is C22H20N4O3. The predicted octanol–water partition coefficient (Wildman–Crippen LogP) is 2.33. The quantitative estimate of drug-likeness (QED) is 0.508. The number of carbonyl (C=O) groups excluding carboxylic acids is 1. The van der Waals surface area contributed by atoms with Gasteiger partial charge in [-0.05, 0) is 24.1 Å². The van der Waals surface area contributed by atoms with Crippen molar-refractivity contribution in [2.45, 2.75) is 25.9 Å². The molecule has 146 valence electrons. The summed E-state index contributed by atoms with van der Waals surface area (Å²) >= 11 is 0. The molecule has 4 aromatic rings. The minimum absolute atomic E-state index is 0.0106. The lowest BCUT2D eigenvalue weighted by Gasteiger charge is -2.13. The Kier molecular flexibility index (Phi) is 5.20. The zero-order valence-corrected chi connectivity index (χ0v) is 15.8. The molecule has 2 aromatic carbocycles. The summed E-state index contributed by atoms with van der Waals surface area (Å²) in [5.74, 6) is -0.527. The van der Waals surface area contributed by atoms with Crippen molar-refractivity contribution in [3.63, 3.8) is 0 Å². The number of imidazole rings is 1. The van der Waals surface area contributed by atoms with E-state index in [9.17, 15) is 14.4 Å². The van der Waals surface area contributed by atoms with Crippen LogP contribution < -0.4 is 11.2 Å². The first-order valence-corrected chi connectivity index (χ1v) is 9.42. The highest BCUT2D eigenvalue weighted by atomic mass is 16.2. The van der Waals surface area contributed by atoms with Gasteiger partial charge in [0.2, 0.25) is 5.91 Å². The molecule has 0 unspecified atom stereocenters. The molecule has 0 saturated carbocycles. The van der Waals surface area contributed by atoms with Crippen molar-refractivity contribution in [1.29, 1.82) is 0 Å². The first-order valence-electron chi connectivity index (χ1n) is 9.42. The third-order valence-corrected chi connectivity index (χ3v) is 4.86. The highest BCUT2D eigenvalue weighted by molar-refractivity contribution is 5.85. The fraction of sp³-hybridized carbons (Fsp3) is 0.182. The second-order valence-corrected chi connectivity index (χ2v) is 6.80. The maximum atomic E-state index is 13.1. The Hall–Kier alpha value is -3.74. The van der Waals surface area contributed by atoms with Gasteiger partial charge in [0, 0.05) is 25.5 Å². The highest BCUT2D eigenvalue weighted by Gasteiger charge is 2.18. The molecule has 7 nitrogen and oxygen atoms in total. The number of hydrogen-bond donors (Lipinski definition) is 0. The zero-order valence-electron chi connectivity index (χ0n) is 15.8. The van der Waals surface area contributed by atoms with Gasteiger partial charge in [0.1, 0.15) is 0 Å². The van der Waals surface area contributed by atoms with Crippen molar-refractivity contribution < 1.29 is 4.79 Å². The summed E-state index contributed by atoms with van der Waals surface area (Å²) in [6, 6.07) is 16.0. The molecule has 0 fully saturated rings. The summed E-state index contributed by atoms with van der Waals surface area (Å²) in [7, 11) is 0. The Balaban J connectivity index is 1.73. The Morgan fingerprint density at radius 2 is 1.69 bits per heavy atom. The van der Waals surface area contributed by atoms with Crippen LogP contribution in [0.1, 0.15) is 16.8 Å². The monoisotopic (exact) mass is 388 g/mol. The molecule has 0 N–H and O–H groups in total. The van der Waals surface area contributed by atoms with Crippen LogP contribution in [0.2, 0.25) is 0 Å². The molecule has 0 aliphatic rings. The lowest BCUT2D eigenvalue weighted by Crippen LogP contribution is -2.44. The molecule has 0 bridgehead atoms. The van der Waals surface area contributed by atoms with E-state index in [1.807, 2.05) is 29.0 Å². The van der Waals surface area contributed by atoms with E-state index in [0.29, 0.717) is 30.4 Å². The maximum absolute atomic E-state index is 13.1. The number of benzene rings is 2. The number of aryl methyl sites for hydroxylation is 2. The van der Waals surface area contributed by atoms with Crippen molar-refractivity contribution >= 4 is 16.8 Å². The van der Waals surface area contributed by atoms with Crippen molar-refractivity contribution in [2.75, 3.05) is 0 Å². The van der Waals surface area contributed by atoms with Crippen LogP contribution in [-0.2, 0) is 19.5 Å². The average Bonchev–Trinajstić information content (AvgIpc) is 3.25. The van der Waals surface area contributed by atoms with Crippen molar-refractivity contribution in [1.82, 2.24) is 18.7 Å². The van der Waals surface area contributed by atoms with Crippen molar-refractivity contribution in [2.24, 2.45) is 0 Å². The highest BCUT2D eigenvalue weighted by Crippen LogP contribution is 2.09. The second-order valence-electron chi connectivity index (χ2n) is 6.80. The fourth-order valence-electron chi connectivity index (χ4n) is 3.44.